The molecule has 0 bridgehead atoms. The van der Waals surface area contributed by atoms with Crippen LogP contribution in [-0.4, -0.2) is 56.0 Å². The van der Waals surface area contributed by atoms with Crippen molar-refractivity contribution in [3.05, 3.63) is 35.9 Å². The Morgan fingerprint density at radius 3 is 2.48 bits per heavy atom. The maximum absolute atomic E-state index is 11.4. The summed E-state index contributed by atoms with van der Waals surface area (Å²) in [5, 5.41) is 13.0. The van der Waals surface area contributed by atoms with E-state index in [4.69, 9.17) is 5.11 Å². The van der Waals surface area contributed by atoms with Gasteiger partial charge in [0, 0.05) is 0 Å². The van der Waals surface area contributed by atoms with Crippen molar-refractivity contribution in [1.82, 2.24) is 5.01 Å². The van der Waals surface area contributed by atoms with Crippen LogP contribution in [0.15, 0.2) is 35.4 Å². The van der Waals surface area contributed by atoms with Gasteiger partial charge in [0.15, 0.2) is 0 Å². The smallest absolute Gasteiger partial charge is 0.396 e. The number of hydrogen-bond acceptors (Lipinski definition) is 6. The molecule has 0 atom stereocenters. The van der Waals surface area contributed by atoms with Gasteiger partial charge in [0.05, 0.1) is 25.6 Å². The molecule has 8 nitrogen and oxygen atoms in total. The predicted molar refractivity (Wildman–Crippen MR) is 74.2 cm³/mol. The van der Waals surface area contributed by atoms with Gasteiger partial charge in [0.2, 0.25) is 0 Å². The lowest BCUT2D eigenvalue weighted by Crippen LogP contribution is -2.35. The van der Waals surface area contributed by atoms with E-state index in [1.807, 2.05) is 0 Å². The summed E-state index contributed by atoms with van der Waals surface area (Å²) in [6.07, 6.45) is 2.14. The molecule has 0 spiro atoms. The average molecular weight is 314 g/mol. The molecule has 0 aliphatic rings. The minimum atomic E-state index is -3.67. The molecule has 0 radical (unpaired) electrons. The van der Waals surface area contributed by atoms with Crippen LogP contribution < -0.4 is 0 Å². The van der Waals surface area contributed by atoms with Crippen molar-refractivity contribution in [2.45, 2.75) is 0 Å². The van der Waals surface area contributed by atoms with Crippen LogP contribution in [0.3, 0.4) is 0 Å². The molecule has 0 aliphatic heterocycles. The van der Waals surface area contributed by atoms with E-state index in [-0.39, 0.29) is 13.2 Å². The highest BCUT2D eigenvalue weighted by Gasteiger charge is 2.20. The summed E-state index contributed by atoms with van der Waals surface area (Å²) >= 11 is 0. The minimum Gasteiger partial charge on any atom is -0.474 e. The molecule has 1 aromatic rings. The summed E-state index contributed by atoms with van der Waals surface area (Å²) < 4.78 is 26.1. The topological polar surface area (TPSA) is 113 Å². The summed E-state index contributed by atoms with van der Waals surface area (Å²) in [5.74, 6) is -2.97. The molecule has 0 heterocycles. The number of hydrogen-bond donors (Lipinski definition) is 1. The van der Waals surface area contributed by atoms with E-state index >= 15 is 0 Å². The second kappa shape index (κ2) is 7.50. The molecule has 21 heavy (non-hydrogen) atoms. The van der Waals surface area contributed by atoms with E-state index < -0.39 is 22.0 Å². The van der Waals surface area contributed by atoms with E-state index in [2.05, 4.69) is 9.28 Å². The molecule has 0 saturated heterocycles. The van der Waals surface area contributed by atoms with Crippen molar-refractivity contribution >= 4 is 28.2 Å². The Morgan fingerprint density at radius 2 is 1.95 bits per heavy atom. The number of benzene rings is 1. The van der Waals surface area contributed by atoms with Crippen molar-refractivity contribution in [3.8, 4) is 0 Å². The zero-order valence-corrected chi connectivity index (χ0v) is 12.0. The van der Waals surface area contributed by atoms with Gasteiger partial charge in [-0.25, -0.2) is 9.80 Å². The minimum absolute atomic E-state index is 0.304. The van der Waals surface area contributed by atoms with E-state index in [1.165, 1.54) is 6.21 Å². The first-order valence-electron chi connectivity index (χ1n) is 5.78. The number of carboxylic acids is 1. The lowest BCUT2D eigenvalue weighted by molar-refractivity contribution is -0.156. The van der Waals surface area contributed by atoms with Crippen molar-refractivity contribution in [3.63, 3.8) is 0 Å². The zero-order chi connectivity index (χ0) is 15.9. The van der Waals surface area contributed by atoms with E-state index in [1.54, 1.807) is 30.3 Å². The molecular weight excluding hydrogens is 300 g/mol. The number of aliphatic carboxylic acids is 1. The lowest BCUT2D eigenvalue weighted by Gasteiger charge is -2.14. The van der Waals surface area contributed by atoms with Crippen LogP contribution in [0.1, 0.15) is 5.56 Å². The SMILES string of the molecule is CS(=O)(=O)OCCN(/N=C/c1ccccc1)C(=O)C(=O)O. The van der Waals surface area contributed by atoms with Crippen LogP contribution in [-0.2, 0) is 23.9 Å². The largest absolute Gasteiger partial charge is 0.474 e. The summed E-state index contributed by atoms with van der Waals surface area (Å²) in [6, 6.07) is 8.70. The van der Waals surface area contributed by atoms with Gasteiger partial charge in [0.1, 0.15) is 0 Å². The van der Waals surface area contributed by atoms with Crippen molar-refractivity contribution < 1.29 is 27.3 Å². The van der Waals surface area contributed by atoms with E-state index in [9.17, 15) is 18.0 Å². The number of hydrazone groups is 1. The first-order chi connectivity index (χ1) is 9.79. The summed E-state index contributed by atoms with van der Waals surface area (Å²) in [6.45, 7) is -0.689. The molecule has 9 heteroatoms. The van der Waals surface area contributed by atoms with E-state index in [0.29, 0.717) is 10.6 Å². The second-order valence-electron chi connectivity index (χ2n) is 3.91. The molecule has 1 rings (SSSR count). The molecule has 1 N–H and O–H groups in total. The first kappa shape index (κ1) is 16.8. The molecule has 0 aromatic heterocycles. The quantitative estimate of drug-likeness (QED) is 0.340. The van der Waals surface area contributed by atoms with Crippen molar-refractivity contribution in [1.29, 1.82) is 0 Å². The maximum atomic E-state index is 11.4. The Hall–Kier alpha value is -2.26. The van der Waals surface area contributed by atoms with Gasteiger partial charge in [-0.3, -0.25) is 8.98 Å². The van der Waals surface area contributed by atoms with Crippen molar-refractivity contribution in [2.24, 2.45) is 5.10 Å². The molecule has 0 fully saturated rings. The standard InChI is InChI=1S/C12H14N2O6S/c1-21(18,19)20-8-7-14(11(15)12(16)17)13-9-10-5-3-2-4-6-10/h2-6,9H,7-8H2,1H3,(H,16,17)/b13-9+. The number of carboxylic acid groups (broad SMARTS) is 1. The zero-order valence-electron chi connectivity index (χ0n) is 11.2. The van der Waals surface area contributed by atoms with Crippen LogP contribution in [0, 0.1) is 0 Å². The Bertz CT molecular complexity index is 626. The third-order valence-electron chi connectivity index (χ3n) is 2.16. The summed E-state index contributed by atoms with van der Waals surface area (Å²) in [5.41, 5.74) is 0.657. The normalized spacial score (nSPS) is 11.5. The number of carbonyl (C=O) groups excluding carboxylic acids is 1. The first-order valence-corrected chi connectivity index (χ1v) is 7.59. The van der Waals surface area contributed by atoms with Gasteiger partial charge in [-0.1, -0.05) is 30.3 Å². The fourth-order valence-electron chi connectivity index (χ4n) is 1.27. The van der Waals surface area contributed by atoms with Gasteiger partial charge in [-0.2, -0.15) is 13.5 Å². The second-order valence-corrected chi connectivity index (χ2v) is 5.56. The molecule has 0 aliphatic carbocycles. The molecule has 1 aromatic carbocycles. The Morgan fingerprint density at radius 1 is 1.33 bits per heavy atom. The molecule has 114 valence electrons. The van der Waals surface area contributed by atoms with Gasteiger partial charge in [-0.15, -0.1) is 0 Å². The van der Waals surface area contributed by atoms with Crippen LogP contribution in [0.2, 0.25) is 0 Å². The molecule has 1 amide bonds. The predicted octanol–water partition coefficient (Wildman–Crippen LogP) is -0.0901. The van der Waals surface area contributed by atoms with Gasteiger partial charge in [-0.05, 0) is 5.56 Å². The van der Waals surface area contributed by atoms with Crippen molar-refractivity contribution in [2.75, 3.05) is 19.4 Å². The maximum Gasteiger partial charge on any atom is 0.396 e. The van der Waals surface area contributed by atoms with Crippen LogP contribution in [0.4, 0.5) is 0 Å². The number of amides is 1. The van der Waals surface area contributed by atoms with Crippen LogP contribution >= 0.6 is 0 Å². The fourth-order valence-corrected chi connectivity index (χ4v) is 1.65. The lowest BCUT2D eigenvalue weighted by atomic mass is 10.2. The molecular formula is C12H14N2O6S. The number of rotatable bonds is 6. The van der Waals surface area contributed by atoms with Gasteiger partial charge in [0.25, 0.3) is 10.1 Å². The fraction of sp³-hybridized carbons (Fsp3) is 0.250. The Kier molecular flexibility index (Phi) is 6.00. The highest BCUT2D eigenvalue weighted by atomic mass is 32.2. The van der Waals surface area contributed by atoms with Gasteiger partial charge >= 0.3 is 11.9 Å². The third-order valence-corrected chi connectivity index (χ3v) is 2.76. The number of nitrogens with zero attached hydrogens (tertiary/aromatic N) is 2. The number of carbonyl (C=O) groups is 2. The Balaban J connectivity index is 2.76. The van der Waals surface area contributed by atoms with Crippen LogP contribution in [0.5, 0.6) is 0 Å². The summed E-state index contributed by atoms with van der Waals surface area (Å²) in [4.78, 5) is 22.1. The van der Waals surface area contributed by atoms with Crippen LogP contribution in [0.25, 0.3) is 0 Å². The summed E-state index contributed by atoms with van der Waals surface area (Å²) in [7, 11) is -3.67. The van der Waals surface area contributed by atoms with Gasteiger partial charge < -0.3 is 5.11 Å². The van der Waals surface area contributed by atoms with E-state index in [0.717, 1.165) is 6.26 Å². The Labute approximate surface area is 121 Å². The highest BCUT2D eigenvalue weighted by Crippen LogP contribution is 1.98. The molecule has 0 saturated carbocycles. The third kappa shape index (κ3) is 6.63. The molecule has 0 unspecified atom stereocenters. The average Bonchev–Trinajstić information content (AvgIpc) is 2.41. The monoisotopic (exact) mass is 314 g/mol. The highest BCUT2D eigenvalue weighted by molar-refractivity contribution is 7.85.